The fourth-order valence-corrected chi connectivity index (χ4v) is 1.88. The van der Waals surface area contributed by atoms with Gasteiger partial charge in [-0.2, -0.15) is 15.1 Å². The van der Waals surface area contributed by atoms with Crippen LogP contribution >= 0.6 is 0 Å². The molecule has 0 aromatic carbocycles. The van der Waals surface area contributed by atoms with Crippen LogP contribution in [-0.4, -0.2) is 29.3 Å². The number of rotatable bonds is 2. The molecule has 0 radical (unpaired) electrons. The molecule has 0 amide bonds. The van der Waals surface area contributed by atoms with Crippen LogP contribution in [0.2, 0.25) is 0 Å². The average Bonchev–Trinajstić information content (AvgIpc) is 2.93. The van der Waals surface area contributed by atoms with Crippen LogP contribution in [0.4, 0.5) is 11.8 Å². The molecular weight excluding hydrogens is 232 g/mol. The Morgan fingerprint density at radius 2 is 2.06 bits per heavy atom. The van der Waals surface area contributed by atoms with Gasteiger partial charge in [0, 0.05) is 18.9 Å². The highest BCUT2D eigenvalue weighted by Gasteiger charge is 2.16. The second-order valence-corrected chi connectivity index (χ2v) is 3.75. The molecule has 0 unspecified atom stereocenters. The van der Waals surface area contributed by atoms with Gasteiger partial charge in [-0.3, -0.25) is 4.57 Å². The highest BCUT2D eigenvalue weighted by molar-refractivity contribution is 5.84. The van der Waals surface area contributed by atoms with Crippen molar-refractivity contribution in [2.45, 2.75) is 13.5 Å². The third kappa shape index (κ3) is 1.39. The number of fused-ring (bicyclic) bond motifs is 1. The summed E-state index contributed by atoms with van der Waals surface area (Å²) in [6.45, 7) is 2.67. The topological polar surface area (TPSA) is 113 Å². The van der Waals surface area contributed by atoms with Gasteiger partial charge >= 0.3 is 0 Å². The highest BCUT2D eigenvalue weighted by atomic mass is 15.4. The Morgan fingerprint density at radius 1 is 1.22 bits per heavy atom. The lowest BCUT2D eigenvalue weighted by atomic mass is 10.5. The van der Waals surface area contributed by atoms with E-state index in [1.54, 1.807) is 17.1 Å². The molecule has 3 aromatic heterocycles. The first-order valence-corrected chi connectivity index (χ1v) is 5.50. The SMILES string of the molecule is CCn1c(-n2cccn2)nc2c(N)nc(N)nc21. The molecule has 0 aliphatic rings. The summed E-state index contributed by atoms with van der Waals surface area (Å²) in [5.74, 6) is 1.06. The Kier molecular flexibility index (Phi) is 2.15. The van der Waals surface area contributed by atoms with Crippen LogP contribution < -0.4 is 11.5 Å². The van der Waals surface area contributed by atoms with Crippen molar-refractivity contribution in [1.82, 2.24) is 29.3 Å². The molecular formula is C10H12N8. The Balaban J connectivity index is 2.37. The number of anilines is 2. The highest BCUT2D eigenvalue weighted by Crippen LogP contribution is 2.21. The Hall–Kier alpha value is -2.64. The number of aromatic nitrogens is 6. The first-order chi connectivity index (χ1) is 8.70. The minimum absolute atomic E-state index is 0.140. The van der Waals surface area contributed by atoms with E-state index in [1.165, 1.54) is 0 Å². The second kappa shape index (κ2) is 3.69. The van der Waals surface area contributed by atoms with E-state index in [9.17, 15) is 0 Å². The molecule has 92 valence electrons. The first-order valence-electron chi connectivity index (χ1n) is 5.50. The molecule has 0 atom stereocenters. The van der Waals surface area contributed by atoms with E-state index >= 15 is 0 Å². The van der Waals surface area contributed by atoms with Crippen LogP contribution in [-0.2, 0) is 6.54 Å². The Labute approximate surface area is 102 Å². The van der Waals surface area contributed by atoms with Gasteiger partial charge in [0.15, 0.2) is 17.0 Å². The summed E-state index contributed by atoms with van der Waals surface area (Å²) in [5, 5.41) is 4.16. The minimum Gasteiger partial charge on any atom is -0.382 e. The summed E-state index contributed by atoms with van der Waals surface area (Å²) >= 11 is 0. The van der Waals surface area contributed by atoms with E-state index in [1.807, 2.05) is 17.6 Å². The lowest BCUT2D eigenvalue weighted by Gasteiger charge is -2.04. The van der Waals surface area contributed by atoms with Crippen molar-refractivity contribution in [2.75, 3.05) is 11.5 Å². The fourth-order valence-electron chi connectivity index (χ4n) is 1.88. The number of nitrogens with two attached hydrogens (primary N) is 2. The number of imidazole rings is 1. The van der Waals surface area contributed by atoms with Gasteiger partial charge in [0.2, 0.25) is 11.9 Å². The van der Waals surface area contributed by atoms with Crippen LogP contribution in [0.15, 0.2) is 18.5 Å². The molecule has 0 bridgehead atoms. The zero-order valence-electron chi connectivity index (χ0n) is 9.78. The molecule has 0 spiro atoms. The van der Waals surface area contributed by atoms with Crippen molar-refractivity contribution in [3.8, 4) is 5.95 Å². The van der Waals surface area contributed by atoms with Crippen LogP contribution in [0.3, 0.4) is 0 Å². The van der Waals surface area contributed by atoms with E-state index < -0.39 is 0 Å². The molecule has 3 heterocycles. The van der Waals surface area contributed by atoms with Crippen molar-refractivity contribution < 1.29 is 0 Å². The molecule has 3 rings (SSSR count). The summed E-state index contributed by atoms with van der Waals surface area (Å²) in [6.07, 6.45) is 3.49. The van der Waals surface area contributed by atoms with Crippen molar-refractivity contribution >= 4 is 22.9 Å². The Bertz CT molecular complexity index is 696. The maximum absolute atomic E-state index is 5.81. The molecule has 0 fully saturated rings. The van der Waals surface area contributed by atoms with Gasteiger partial charge in [-0.25, -0.2) is 9.67 Å². The van der Waals surface area contributed by atoms with Gasteiger partial charge in [0.1, 0.15) is 0 Å². The fraction of sp³-hybridized carbons (Fsp3) is 0.200. The normalized spacial score (nSPS) is 11.2. The van der Waals surface area contributed by atoms with Crippen molar-refractivity contribution in [1.29, 1.82) is 0 Å². The van der Waals surface area contributed by atoms with Crippen LogP contribution in [0.1, 0.15) is 6.92 Å². The van der Waals surface area contributed by atoms with Crippen molar-refractivity contribution in [3.05, 3.63) is 18.5 Å². The largest absolute Gasteiger partial charge is 0.382 e. The summed E-state index contributed by atoms with van der Waals surface area (Å²) in [5.41, 5.74) is 12.6. The monoisotopic (exact) mass is 244 g/mol. The number of aryl methyl sites for hydroxylation is 1. The number of nitrogens with zero attached hydrogens (tertiary/aromatic N) is 6. The van der Waals surface area contributed by atoms with Crippen molar-refractivity contribution in [3.63, 3.8) is 0 Å². The molecule has 8 nitrogen and oxygen atoms in total. The van der Waals surface area contributed by atoms with Gasteiger partial charge < -0.3 is 11.5 Å². The lowest BCUT2D eigenvalue weighted by molar-refractivity contribution is 0.697. The van der Waals surface area contributed by atoms with Crippen molar-refractivity contribution in [2.24, 2.45) is 0 Å². The first kappa shape index (κ1) is 10.5. The van der Waals surface area contributed by atoms with Gasteiger partial charge in [-0.1, -0.05) is 0 Å². The van der Waals surface area contributed by atoms with Gasteiger partial charge in [0.25, 0.3) is 0 Å². The molecule has 4 N–H and O–H groups in total. The minimum atomic E-state index is 0.140. The third-order valence-electron chi connectivity index (χ3n) is 2.64. The maximum Gasteiger partial charge on any atom is 0.233 e. The smallest absolute Gasteiger partial charge is 0.233 e. The average molecular weight is 244 g/mol. The summed E-state index contributed by atoms with van der Waals surface area (Å²) in [4.78, 5) is 12.5. The molecule has 0 aliphatic carbocycles. The van der Waals surface area contributed by atoms with E-state index in [4.69, 9.17) is 11.5 Å². The van der Waals surface area contributed by atoms with Crippen LogP contribution in [0, 0.1) is 0 Å². The number of hydrogen-bond acceptors (Lipinski definition) is 6. The lowest BCUT2D eigenvalue weighted by Crippen LogP contribution is -2.07. The van der Waals surface area contributed by atoms with Gasteiger partial charge in [0.05, 0.1) is 0 Å². The molecule has 0 saturated carbocycles. The molecule has 3 aromatic rings. The zero-order valence-corrected chi connectivity index (χ0v) is 9.78. The van der Waals surface area contributed by atoms with E-state index in [2.05, 4.69) is 20.1 Å². The standard InChI is InChI=1S/C10H12N8/c1-2-17-8-6(7(11)15-9(12)16-8)14-10(17)18-5-3-4-13-18/h3-5H,2H2,1H3,(H4,11,12,15,16). The predicted molar refractivity (Wildman–Crippen MR) is 66.9 cm³/mol. The number of hydrogen-bond donors (Lipinski definition) is 2. The van der Waals surface area contributed by atoms with Gasteiger partial charge in [-0.05, 0) is 13.0 Å². The molecule has 0 aliphatic heterocycles. The molecule has 0 saturated heterocycles. The number of nitrogen functional groups attached to an aromatic ring is 2. The summed E-state index contributed by atoms with van der Waals surface area (Å²) in [6, 6.07) is 1.82. The summed E-state index contributed by atoms with van der Waals surface area (Å²) < 4.78 is 3.54. The third-order valence-corrected chi connectivity index (χ3v) is 2.64. The quantitative estimate of drug-likeness (QED) is 0.665. The van der Waals surface area contributed by atoms with E-state index in [0.717, 1.165) is 0 Å². The van der Waals surface area contributed by atoms with Crippen LogP contribution in [0.5, 0.6) is 0 Å². The van der Waals surface area contributed by atoms with E-state index in [0.29, 0.717) is 23.7 Å². The van der Waals surface area contributed by atoms with E-state index in [-0.39, 0.29) is 11.8 Å². The zero-order chi connectivity index (χ0) is 12.7. The Morgan fingerprint density at radius 3 is 2.72 bits per heavy atom. The van der Waals surface area contributed by atoms with Crippen LogP contribution in [0.25, 0.3) is 17.1 Å². The summed E-state index contributed by atoms with van der Waals surface area (Å²) in [7, 11) is 0. The van der Waals surface area contributed by atoms with Gasteiger partial charge in [-0.15, -0.1) is 0 Å². The predicted octanol–water partition coefficient (Wildman–Crippen LogP) is 0.196. The maximum atomic E-state index is 5.81. The molecule has 18 heavy (non-hydrogen) atoms. The molecule has 8 heteroatoms. The second-order valence-electron chi connectivity index (χ2n) is 3.75.